The summed E-state index contributed by atoms with van der Waals surface area (Å²) in [5.41, 5.74) is 2.98. The second-order valence-electron chi connectivity index (χ2n) is 7.38. The fraction of sp³-hybridized carbons (Fsp3) is 0.273. The Hall–Kier alpha value is -3.68. The number of carbonyl (C=O) groups excluding carboxylic acids is 4. The summed E-state index contributed by atoms with van der Waals surface area (Å²) in [5.74, 6) is -1.26. The zero-order chi connectivity index (χ0) is 21.3. The first-order valence-electron chi connectivity index (χ1n) is 9.73. The second kappa shape index (κ2) is 7.98. The normalized spacial score (nSPS) is 17.8. The third-order valence-corrected chi connectivity index (χ3v) is 5.19. The van der Waals surface area contributed by atoms with Gasteiger partial charge in [0, 0.05) is 24.6 Å². The fourth-order valence-corrected chi connectivity index (χ4v) is 3.76. The minimum atomic E-state index is -0.618. The highest BCUT2D eigenvalue weighted by Gasteiger charge is 2.30. The van der Waals surface area contributed by atoms with Crippen LogP contribution in [0.4, 0.5) is 17.1 Å². The van der Waals surface area contributed by atoms with E-state index in [2.05, 4.69) is 10.6 Å². The number of amides is 3. The molecule has 0 bridgehead atoms. The van der Waals surface area contributed by atoms with Crippen molar-refractivity contribution in [3.63, 3.8) is 0 Å². The van der Waals surface area contributed by atoms with Crippen molar-refractivity contribution < 1.29 is 23.9 Å². The average Bonchev–Trinajstić information content (AvgIpc) is 2.85. The number of anilines is 3. The van der Waals surface area contributed by atoms with Gasteiger partial charge in [0.2, 0.25) is 11.8 Å². The highest BCUT2D eigenvalue weighted by Crippen LogP contribution is 2.31. The van der Waals surface area contributed by atoms with Crippen LogP contribution < -0.4 is 15.5 Å². The molecule has 4 rings (SSSR count). The van der Waals surface area contributed by atoms with Crippen LogP contribution in [0.15, 0.2) is 42.5 Å². The Morgan fingerprint density at radius 1 is 1.03 bits per heavy atom. The molecule has 1 atom stereocenters. The molecule has 2 N–H and O–H groups in total. The van der Waals surface area contributed by atoms with Crippen molar-refractivity contribution in [2.75, 3.05) is 22.1 Å². The van der Waals surface area contributed by atoms with Crippen LogP contribution in [-0.4, -0.2) is 36.3 Å². The van der Waals surface area contributed by atoms with E-state index in [0.29, 0.717) is 35.5 Å². The monoisotopic (exact) mass is 407 g/mol. The molecule has 0 spiro atoms. The predicted molar refractivity (Wildman–Crippen MR) is 110 cm³/mol. The van der Waals surface area contributed by atoms with Gasteiger partial charge < -0.3 is 20.3 Å². The molecule has 1 unspecified atom stereocenters. The number of ether oxygens (including phenoxy) is 1. The summed E-state index contributed by atoms with van der Waals surface area (Å²) < 4.78 is 5.26. The molecule has 2 aliphatic heterocycles. The molecule has 3 amide bonds. The Morgan fingerprint density at radius 2 is 1.80 bits per heavy atom. The van der Waals surface area contributed by atoms with Gasteiger partial charge in [-0.05, 0) is 49.2 Å². The lowest BCUT2D eigenvalue weighted by Crippen LogP contribution is -2.41. The molecule has 0 aromatic heterocycles. The van der Waals surface area contributed by atoms with Gasteiger partial charge in [-0.25, -0.2) is 4.79 Å². The lowest BCUT2D eigenvalue weighted by Gasteiger charge is -2.27. The number of hydrogen-bond acceptors (Lipinski definition) is 5. The molecule has 2 aliphatic rings. The summed E-state index contributed by atoms with van der Waals surface area (Å²) in [7, 11) is 0. The minimum absolute atomic E-state index is 0.0526. The number of fused-ring (bicyclic) bond motifs is 2. The number of esters is 1. The molecule has 0 fully saturated rings. The number of aryl methyl sites for hydroxylation is 1. The number of rotatable bonds is 3. The van der Waals surface area contributed by atoms with Crippen molar-refractivity contribution in [2.24, 2.45) is 0 Å². The molecule has 0 saturated carbocycles. The fourth-order valence-electron chi connectivity index (χ4n) is 3.76. The number of nitrogens with zero attached hydrogens (tertiary/aromatic N) is 1. The number of para-hydroxylation sites is 2. The SMILES string of the molecule is CC1CC(=O)Nc2ccccc2N1C(=O)COC(=O)c1ccc2c(c1)CCC(=O)N2. The van der Waals surface area contributed by atoms with Gasteiger partial charge in [-0.15, -0.1) is 0 Å². The molecule has 0 saturated heterocycles. The summed E-state index contributed by atoms with van der Waals surface area (Å²) in [6.45, 7) is 1.33. The lowest BCUT2D eigenvalue weighted by atomic mass is 10.0. The molecular formula is C22H21N3O5. The van der Waals surface area contributed by atoms with Crippen molar-refractivity contribution in [3.05, 3.63) is 53.6 Å². The topological polar surface area (TPSA) is 105 Å². The van der Waals surface area contributed by atoms with Crippen molar-refractivity contribution in [1.29, 1.82) is 0 Å². The zero-order valence-corrected chi connectivity index (χ0v) is 16.4. The Bertz CT molecular complexity index is 1050. The van der Waals surface area contributed by atoms with Gasteiger partial charge in [0.1, 0.15) is 0 Å². The molecule has 154 valence electrons. The third kappa shape index (κ3) is 3.89. The van der Waals surface area contributed by atoms with E-state index in [-0.39, 0.29) is 24.3 Å². The molecule has 2 aromatic rings. The van der Waals surface area contributed by atoms with E-state index in [1.165, 1.54) is 4.90 Å². The first-order chi connectivity index (χ1) is 14.4. The van der Waals surface area contributed by atoms with Crippen LogP contribution in [0.5, 0.6) is 0 Å². The maximum atomic E-state index is 12.9. The Kier molecular flexibility index (Phi) is 5.22. The molecule has 0 aliphatic carbocycles. The summed E-state index contributed by atoms with van der Waals surface area (Å²) in [6.07, 6.45) is 1.05. The van der Waals surface area contributed by atoms with E-state index >= 15 is 0 Å². The van der Waals surface area contributed by atoms with E-state index in [4.69, 9.17) is 4.74 Å². The number of hydrogen-bond donors (Lipinski definition) is 2. The van der Waals surface area contributed by atoms with Gasteiger partial charge >= 0.3 is 5.97 Å². The van der Waals surface area contributed by atoms with Crippen LogP contribution in [0.1, 0.15) is 35.7 Å². The Morgan fingerprint density at radius 3 is 2.63 bits per heavy atom. The largest absolute Gasteiger partial charge is 0.452 e. The number of carbonyl (C=O) groups is 4. The molecule has 8 heteroatoms. The van der Waals surface area contributed by atoms with Crippen molar-refractivity contribution >= 4 is 40.8 Å². The first kappa shape index (κ1) is 19.6. The lowest BCUT2D eigenvalue weighted by molar-refractivity contribution is -0.122. The highest BCUT2D eigenvalue weighted by molar-refractivity contribution is 6.05. The molecular weight excluding hydrogens is 386 g/mol. The van der Waals surface area contributed by atoms with Gasteiger partial charge in [0.15, 0.2) is 6.61 Å². The molecule has 2 heterocycles. The van der Waals surface area contributed by atoms with Crippen LogP contribution in [0.25, 0.3) is 0 Å². The zero-order valence-electron chi connectivity index (χ0n) is 16.4. The van der Waals surface area contributed by atoms with E-state index in [1.807, 2.05) is 0 Å². The van der Waals surface area contributed by atoms with Crippen LogP contribution in [0, 0.1) is 0 Å². The predicted octanol–water partition coefficient (Wildman–Crippen LogP) is 2.49. The second-order valence-corrected chi connectivity index (χ2v) is 7.38. The average molecular weight is 407 g/mol. The first-order valence-corrected chi connectivity index (χ1v) is 9.73. The smallest absolute Gasteiger partial charge is 0.338 e. The van der Waals surface area contributed by atoms with E-state index in [1.54, 1.807) is 49.4 Å². The quantitative estimate of drug-likeness (QED) is 0.761. The Balaban J connectivity index is 1.47. The van der Waals surface area contributed by atoms with E-state index < -0.39 is 18.5 Å². The van der Waals surface area contributed by atoms with E-state index in [9.17, 15) is 19.2 Å². The van der Waals surface area contributed by atoms with Crippen molar-refractivity contribution in [1.82, 2.24) is 0 Å². The standard InChI is InChI=1S/C22H21N3O5/c1-13-10-20(27)24-17-4-2-3-5-18(17)25(13)21(28)12-30-22(29)15-6-8-16-14(11-15)7-9-19(26)23-16/h2-6,8,11,13H,7,9-10,12H2,1H3,(H,23,26)(H,24,27). The molecule has 30 heavy (non-hydrogen) atoms. The molecule has 2 aromatic carbocycles. The van der Waals surface area contributed by atoms with Gasteiger partial charge in [-0.3, -0.25) is 14.4 Å². The van der Waals surface area contributed by atoms with Gasteiger partial charge in [-0.2, -0.15) is 0 Å². The minimum Gasteiger partial charge on any atom is -0.452 e. The van der Waals surface area contributed by atoms with Gasteiger partial charge in [0.25, 0.3) is 5.91 Å². The Labute approximate surface area is 173 Å². The molecule has 8 nitrogen and oxygen atoms in total. The van der Waals surface area contributed by atoms with Crippen LogP contribution in [0.3, 0.4) is 0 Å². The maximum absolute atomic E-state index is 12.9. The van der Waals surface area contributed by atoms with Crippen molar-refractivity contribution in [3.8, 4) is 0 Å². The van der Waals surface area contributed by atoms with Crippen molar-refractivity contribution in [2.45, 2.75) is 32.2 Å². The summed E-state index contributed by atoms with van der Waals surface area (Å²) in [6, 6.07) is 11.5. The van der Waals surface area contributed by atoms with Gasteiger partial charge in [0.05, 0.1) is 16.9 Å². The van der Waals surface area contributed by atoms with E-state index in [0.717, 1.165) is 5.56 Å². The maximum Gasteiger partial charge on any atom is 0.338 e. The third-order valence-electron chi connectivity index (χ3n) is 5.19. The van der Waals surface area contributed by atoms with Crippen LogP contribution in [-0.2, 0) is 25.5 Å². The summed E-state index contributed by atoms with van der Waals surface area (Å²) in [4.78, 5) is 50.4. The summed E-state index contributed by atoms with van der Waals surface area (Å²) >= 11 is 0. The summed E-state index contributed by atoms with van der Waals surface area (Å²) in [5, 5.41) is 5.55. The van der Waals surface area contributed by atoms with Gasteiger partial charge in [-0.1, -0.05) is 12.1 Å². The molecule has 0 radical (unpaired) electrons. The number of benzene rings is 2. The number of nitrogens with one attached hydrogen (secondary N) is 2. The highest BCUT2D eigenvalue weighted by atomic mass is 16.5. The van der Waals surface area contributed by atoms with Crippen LogP contribution >= 0.6 is 0 Å². The van der Waals surface area contributed by atoms with Crippen LogP contribution in [0.2, 0.25) is 0 Å².